The first-order valence-electron chi connectivity index (χ1n) is 2.51. The molecule has 60 valence electrons. The van der Waals surface area contributed by atoms with E-state index >= 15 is 0 Å². The number of rotatable bonds is 1. The highest BCUT2D eigenvalue weighted by Crippen LogP contribution is 1.97. The molecule has 0 aliphatic heterocycles. The highest BCUT2D eigenvalue weighted by molar-refractivity contribution is 5.85. The van der Waals surface area contributed by atoms with E-state index in [0.29, 0.717) is 0 Å². The predicted octanol–water partition coefficient (Wildman–Crippen LogP) is -1.07. The second-order valence-electron chi connectivity index (χ2n) is 1.63. The van der Waals surface area contributed by atoms with Gasteiger partial charge in [0.05, 0.1) is 0 Å². The standard InChI is InChI=1S/C5H5N3O2.H2O/c6-4-1-3(5(9)10)7-2-8-4;/h1-2H,(H,9,10)(H2,6,7,8);1H2. The van der Waals surface area contributed by atoms with Crippen molar-refractivity contribution in [1.29, 1.82) is 0 Å². The van der Waals surface area contributed by atoms with Crippen LogP contribution in [0, 0.1) is 0 Å². The number of carboxylic acids is 1. The van der Waals surface area contributed by atoms with Crippen molar-refractivity contribution in [1.82, 2.24) is 9.97 Å². The molecule has 11 heavy (non-hydrogen) atoms. The Balaban J connectivity index is 0.000001000. The Bertz CT molecular complexity index is 263. The molecule has 6 heteroatoms. The summed E-state index contributed by atoms with van der Waals surface area (Å²) in [6.45, 7) is 0. The van der Waals surface area contributed by atoms with Gasteiger partial charge in [0, 0.05) is 6.07 Å². The maximum atomic E-state index is 10.2. The van der Waals surface area contributed by atoms with E-state index in [1.165, 1.54) is 6.07 Å². The maximum Gasteiger partial charge on any atom is 0.354 e. The Kier molecular flexibility index (Phi) is 2.94. The quantitative estimate of drug-likeness (QED) is 0.537. The lowest BCUT2D eigenvalue weighted by Gasteiger charge is -1.91. The molecule has 0 radical (unpaired) electrons. The highest BCUT2D eigenvalue weighted by atomic mass is 16.4. The van der Waals surface area contributed by atoms with Gasteiger partial charge in [-0.3, -0.25) is 0 Å². The molecule has 0 amide bonds. The fourth-order valence-electron chi connectivity index (χ4n) is 0.489. The van der Waals surface area contributed by atoms with Gasteiger partial charge in [-0.25, -0.2) is 14.8 Å². The molecular formula is C5H7N3O3. The number of nitrogen functional groups attached to an aromatic ring is 1. The third-order valence-electron chi connectivity index (χ3n) is 0.907. The van der Waals surface area contributed by atoms with Gasteiger partial charge >= 0.3 is 5.97 Å². The number of aromatic nitrogens is 2. The van der Waals surface area contributed by atoms with Crippen molar-refractivity contribution in [2.24, 2.45) is 0 Å². The summed E-state index contributed by atoms with van der Waals surface area (Å²) < 4.78 is 0. The minimum atomic E-state index is -1.10. The zero-order chi connectivity index (χ0) is 7.56. The normalized spacial score (nSPS) is 8.36. The lowest BCUT2D eigenvalue weighted by molar-refractivity contribution is 0.0690. The number of hydrogen-bond donors (Lipinski definition) is 2. The Hall–Kier alpha value is -1.69. The molecule has 0 aliphatic rings. The zero-order valence-electron chi connectivity index (χ0n) is 5.48. The summed E-state index contributed by atoms with van der Waals surface area (Å²) in [6.07, 6.45) is 1.11. The summed E-state index contributed by atoms with van der Waals surface area (Å²) in [6, 6.07) is 1.20. The fourth-order valence-corrected chi connectivity index (χ4v) is 0.489. The average Bonchev–Trinajstić information content (AvgIpc) is 1.88. The van der Waals surface area contributed by atoms with Crippen molar-refractivity contribution < 1.29 is 15.4 Å². The predicted molar refractivity (Wildman–Crippen MR) is 37.0 cm³/mol. The van der Waals surface area contributed by atoms with Gasteiger partial charge in [0.1, 0.15) is 12.1 Å². The van der Waals surface area contributed by atoms with E-state index in [4.69, 9.17) is 10.8 Å². The summed E-state index contributed by atoms with van der Waals surface area (Å²) in [4.78, 5) is 17.2. The second-order valence-corrected chi connectivity index (χ2v) is 1.63. The average molecular weight is 157 g/mol. The molecule has 0 atom stereocenters. The molecule has 0 aromatic carbocycles. The number of nitrogens with zero attached hydrogens (tertiary/aromatic N) is 2. The fraction of sp³-hybridized carbons (Fsp3) is 0. The first kappa shape index (κ1) is 9.31. The van der Waals surface area contributed by atoms with Crippen LogP contribution in [0.1, 0.15) is 10.5 Å². The molecule has 0 spiro atoms. The van der Waals surface area contributed by atoms with E-state index in [0.717, 1.165) is 6.33 Å². The number of carbonyl (C=O) groups is 1. The third-order valence-corrected chi connectivity index (χ3v) is 0.907. The molecule has 1 heterocycles. The van der Waals surface area contributed by atoms with Crippen molar-refractivity contribution in [3.8, 4) is 0 Å². The number of nitrogens with two attached hydrogens (primary N) is 1. The van der Waals surface area contributed by atoms with E-state index in [-0.39, 0.29) is 17.0 Å². The molecule has 0 saturated heterocycles. The number of carboxylic acid groups (broad SMARTS) is 1. The molecule has 0 fully saturated rings. The molecule has 6 nitrogen and oxygen atoms in total. The molecule has 5 N–H and O–H groups in total. The SMILES string of the molecule is Nc1cc(C(=O)O)ncn1.O. The molecule has 1 aromatic rings. The maximum absolute atomic E-state index is 10.2. The van der Waals surface area contributed by atoms with Crippen LogP contribution in [0.15, 0.2) is 12.4 Å². The minimum absolute atomic E-state index is 0. The van der Waals surface area contributed by atoms with E-state index in [1.807, 2.05) is 0 Å². The van der Waals surface area contributed by atoms with Crippen LogP contribution >= 0.6 is 0 Å². The Morgan fingerprint density at radius 3 is 2.55 bits per heavy atom. The first-order valence-corrected chi connectivity index (χ1v) is 2.51. The topological polar surface area (TPSA) is 121 Å². The monoisotopic (exact) mass is 157 g/mol. The van der Waals surface area contributed by atoms with Crippen molar-refractivity contribution >= 4 is 11.8 Å². The molecular weight excluding hydrogens is 150 g/mol. The Morgan fingerprint density at radius 2 is 2.18 bits per heavy atom. The molecule has 1 rings (SSSR count). The Labute approximate surface area is 62.0 Å². The summed E-state index contributed by atoms with van der Waals surface area (Å²) in [5.41, 5.74) is 5.09. The smallest absolute Gasteiger partial charge is 0.354 e. The molecule has 0 aliphatic carbocycles. The van der Waals surface area contributed by atoms with E-state index in [2.05, 4.69) is 9.97 Å². The van der Waals surface area contributed by atoms with Crippen molar-refractivity contribution in [2.45, 2.75) is 0 Å². The van der Waals surface area contributed by atoms with Gasteiger partial charge < -0.3 is 16.3 Å². The second kappa shape index (κ2) is 3.47. The lowest BCUT2D eigenvalue weighted by Crippen LogP contribution is -2.02. The van der Waals surface area contributed by atoms with Crippen LogP contribution in [0.2, 0.25) is 0 Å². The summed E-state index contributed by atoms with van der Waals surface area (Å²) in [7, 11) is 0. The van der Waals surface area contributed by atoms with Crippen LogP contribution in [-0.4, -0.2) is 26.5 Å². The van der Waals surface area contributed by atoms with Gasteiger partial charge in [0.15, 0.2) is 5.69 Å². The van der Waals surface area contributed by atoms with Gasteiger partial charge in [0.25, 0.3) is 0 Å². The van der Waals surface area contributed by atoms with Crippen LogP contribution in [-0.2, 0) is 0 Å². The van der Waals surface area contributed by atoms with Gasteiger partial charge in [-0.05, 0) is 0 Å². The van der Waals surface area contributed by atoms with Crippen molar-refractivity contribution in [3.63, 3.8) is 0 Å². The number of anilines is 1. The van der Waals surface area contributed by atoms with Crippen LogP contribution < -0.4 is 5.73 Å². The van der Waals surface area contributed by atoms with Crippen LogP contribution in [0.25, 0.3) is 0 Å². The molecule has 0 bridgehead atoms. The summed E-state index contributed by atoms with van der Waals surface area (Å²) in [5, 5.41) is 8.36. The lowest BCUT2D eigenvalue weighted by atomic mass is 10.4. The van der Waals surface area contributed by atoms with Gasteiger partial charge in [-0.2, -0.15) is 0 Å². The van der Waals surface area contributed by atoms with Gasteiger partial charge in [0.2, 0.25) is 0 Å². The van der Waals surface area contributed by atoms with Crippen molar-refractivity contribution in [2.75, 3.05) is 5.73 Å². The summed E-state index contributed by atoms with van der Waals surface area (Å²) >= 11 is 0. The zero-order valence-corrected chi connectivity index (χ0v) is 5.48. The van der Waals surface area contributed by atoms with Gasteiger partial charge in [-0.15, -0.1) is 0 Å². The van der Waals surface area contributed by atoms with Crippen LogP contribution in [0.3, 0.4) is 0 Å². The van der Waals surface area contributed by atoms with E-state index in [9.17, 15) is 4.79 Å². The van der Waals surface area contributed by atoms with Crippen molar-refractivity contribution in [3.05, 3.63) is 18.1 Å². The minimum Gasteiger partial charge on any atom is -0.477 e. The highest BCUT2D eigenvalue weighted by Gasteiger charge is 2.02. The number of aromatic carboxylic acids is 1. The molecule has 0 unspecified atom stereocenters. The number of hydrogen-bond acceptors (Lipinski definition) is 4. The van der Waals surface area contributed by atoms with Crippen LogP contribution in [0.5, 0.6) is 0 Å². The van der Waals surface area contributed by atoms with E-state index in [1.54, 1.807) is 0 Å². The molecule has 0 saturated carbocycles. The third kappa shape index (κ3) is 2.18. The Morgan fingerprint density at radius 1 is 1.55 bits per heavy atom. The van der Waals surface area contributed by atoms with Crippen LogP contribution in [0.4, 0.5) is 5.82 Å². The largest absolute Gasteiger partial charge is 0.477 e. The molecule has 1 aromatic heterocycles. The van der Waals surface area contributed by atoms with E-state index < -0.39 is 5.97 Å². The summed E-state index contributed by atoms with van der Waals surface area (Å²) in [5.74, 6) is -0.943. The first-order chi connectivity index (χ1) is 4.70. The van der Waals surface area contributed by atoms with Gasteiger partial charge in [-0.1, -0.05) is 0 Å².